The number of carbonyl (C=O) groups is 2. The predicted molar refractivity (Wildman–Crippen MR) is 68.5 cm³/mol. The molecule has 19 heavy (non-hydrogen) atoms. The Labute approximate surface area is 110 Å². The summed E-state index contributed by atoms with van der Waals surface area (Å²) in [5, 5.41) is 0.845. The Morgan fingerprint density at radius 3 is 2.42 bits per heavy atom. The Morgan fingerprint density at radius 1 is 1.11 bits per heavy atom. The Kier molecular flexibility index (Phi) is 3.75. The van der Waals surface area contributed by atoms with Gasteiger partial charge in [-0.2, -0.15) is 0 Å². The van der Waals surface area contributed by atoms with E-state index in [1.165, 1.54) is 14.2 Å². The van der Waals surface area contributed by atoms with Crippen LogP contribution in [0.1, 0.15) is 11.5 Å². The van der Waals surface area contributed by atoms with Crippen molar-refractivity contribution >= 4 is 22.8 Å². The van der Waals surface area contributed by atoms with E-state index in [0.717, 1.165) is 10.9 Å². The molecule has 0 unspecified atom stereocenters. The number of ether oxygens (including phenoxy) is 2. The van der Waals surface area contributed by atoms with E-state index in [4.69, 9.17) is 0 Å². The van der Waals surface area contributed by atoms with Crippen molar-refractivity contribution in [3.05, 3.63) is 42.1 Å². The number of benzene rings is 1. The summed E-state index contributed by atoms with van der Waals surface area (Å²) in [4.78, 5) is 27.6. The van der Waals surface area contributed by atoms with Crippen LogP contribution >= 0.6 is 0 Å². The number of fused-ring (bicyclic) bond motifs is 1. The van der Waals surface area contributed by atoms with Crippen molar-refractivity contribution in [2.24, 2.45) is 0 Å². The lowest BCUT2D eigenvalue weighted by molar-refractivity contribution is -0.154. The largest absolute Gasteiger partial charge is 0.468 e. The Bertz CT molecular complexity index is 608. The second-order valence-electron chi connectivity index (χ2n) is 3.93. The second-order valence-corrected chi connectivity index (χ2v) is 3.93. The molecule has 1 aromatic carbocycles. The number of nitrogens with zero attached hydrogens (tertiary/aromatic N) is 1. The van der Waals surface area contributed by atoms with Gasteiger partial charge >= 0.3 is 11.9 Å². The van der Waals surface area contributed by atoms with Gasteiger partial charge in [-0.05, 0) is 23.8 Å². The summed E-state index contributed by atoms with van der Waals surface area (Å²) in [6.07, 6.45) is 1.68. The minimum atomic E-state index is -1.07. The first kappa shape index (κ1) is 13.0. The van der Waals surface area contributed by atoms with Crippen LogP contribution in [0.25, 0.3) is 10.9 Å². The number of aromatic nitrogens is 1. The first-order valence-corrected chi connectivity index (χ1v) is 5.67. The van der Waals surface area contributed by atoms with Crippen molar-refractivity contribution in [2.45, 2.75) is 5.92 Å². The average Bonchev–Trinajstić information content (AvgIpc) is 2.46. The van der Waals surface area contributed by atoms with E-state index >= 15 is 0 Å². The first-order chi connectivity index (χ1) is 9.17. The summed E-state index contributed by atoms with van der Waals surface area (Å²) < 4.78 is 9.29. The molecular weight excluding hydrogens is 246 g/mol. The van der Waals surface area contributed by atoms with E-state index in [1.807, 2.05) is 6.07 Å². The van der Waals surface area contributed by atoms with Gasteiger partial charge in [-0.25, -0.2) is 0 Å². The van der Waals surface area contributed by atoms with Crippen LogP contribution in [-0.2, 0) is 19.1 Å². The molecule has 0 N–H and O–H groups in total. The summed E-state index contributed by atoms with van der Waals surface area (Å²) in [5.41, 5.74) is 1.32. The zero-order valence-corrected chi connectivity index (χ0v) is 10.6. The Hall–Kier alpha value is -2.43. The molecule has 98 valence electrons. The normalized spacial score (nSPS) is 10.5. The van der Waals surface area contributed by atoms with Crippen LogP contribution in [0, 0.1) is 0 Å². The number of pyridine rings is 1. The van der Waals surface area contributed by atoms with Crippen LogP contribution in [0.5, 0.6) is 0 Å². The number of rotatable bonds is 3. The lowest BCUT2D eigenvalue weighted by Crippen LogP contribution is -2.24. The van der Waals surface area contributed by atoms with Crippen molar-refractivity contribution < 1.29 is 19.1 Å². The molecule has 0 saturated carbocycles. The van der Waals surface area contributed by atoms with E-state index in [0.29, 0.717) is 5.56 Å². The molecule has 0 aliphatic carbocycles. The molecule has 5 heteroatoms. The highest BCUT2D eigenvalue weighted by Gasteiger charge is 2.30. The standard InChI is InChI=1S/C14H13NO4/c1-18-13(16)12(14(17)19-2)10-5-6-11-9(8-10)4-3-7-15-11/h3-8,12H,1-2H3. The van der Waals surface area contributed by atoms with Crippen LogP contribution in [0.2, 0.25) is 0 Å². The monoisotopic (exact) mass is 259 g/mol. The second kappa shape index (κ2) is 5.48. The minimum absolute atomic E-state index is 0.527. The first-order valence-electron chi connectivity index (χ1n) is 5.67. The van der Waals surface area contributed by atoms with Gasteiger partial charge in [-0.1, -0.05) is 12.1 Å². The third kappa shape index (κ3) is 2.54. The van der Waals surface area contributed by atoms with Crippen LogP contribution < -0.4 is 0 Å². The average molecular weight is 259 g/mol. The van der Waals surface area contributed by atoms with E-state index in [1.54, 1.807) is 30.5 Å². The quantitative estimate of drug-likeness (QED) is 0.619. The van der Waals surface area contributed by atoms with Gasteiger partial charge in [0.1, 0.15) is 0 Å². The van der Waals surface area contributed by atoms with Gasteiger partial charge in [0.25, 0.3) is 0 Å². The molecular formula is C14H13NO4. The van der Waals surface area contributed by atoms with Crippen LogP contribution in [0.4, 0.5) is 0 Å². The molecule has 0 fully saturated rings. The van der Waals surface area contributed by atoms with E-state index < -0.39 is 17.9 Å². The van der Waals surface area contributed by atoms with Crippen molar-refractivity contribution in [1.29, 1.82) is 0 Å². The summed E-state index contributed by atoms with van der Waals surface area (Å²) in [6, 6.07) is 8.81. The van der Waals surface area contributed by atoms with Gasteiger partial charge < -0.3 is 9.47 Å². The Balaban J connectivity index is 2.49. The molecule has 0 radical (unpaired) electrons. The number of esters is 2. The van der Waals surface area contributed by atoms with Gasteiger partial charge in [0.2, 0.25) is 0 Å². The molecule has 0 saturated heterocycles. The van der Waals surface area contributed by atoms with Gasteiger partial charge in [0.15, 0.2) is 5.92 Å². The molecule has 5 nitrogen and oxygen atoms in total. The molecule has 0 spiro atoms. The fourth-order valence-corrected chi connectivity index (χ4v) is 1.88. The van der Waals surface area contributed by atoms with Gasteiger partial charge in [0.05, 0.1) is 19.7 Å². The molecule has 0 atom stereocenters. The maximum absolute atomic E-state index is 11.7. The van der Waals surface area contributed by atoms with E-state index in [-0.39, 0.29) is 0 Å². The van der Waals surface area contributed by atoms with Crippen molar-refractivity contribution in [2.75, 3.05) is 14.2 Å². The van der Waals surface area contributed by atoms with E-state index in [9.17, 15) is 9.59 Å². The highest BCUT2D eigenvalue weighted by atomic mass is 16.5. The minimum Gasteiger partial charge on any atom is -0.468 e. The number of methoxy groups -OCH3 is 2. The number of carbonyl (C=O) groups excluding carboxylic acids is 2. The summed E-state index contributed by atoms with van der Waals surface area (Å²) in [5.74, 6) is -2.36. The molecule has 1 aromatic heterocycles. The maximum Gasteiger partial charge on any atom is 0.324 e. The van der Waals surface area contributed by atoms with Crippen molar-refractivity contribution in [3.63, 3.8) is 0 Å². The van der Waals surface area contributed by atoms with Gasteiger partial charge in [0, 0.05) is 11.6 Å². The van der Waals surface area contributed by atoms with Crippen LogP contribution in [-0.4, -0.2) is 31.1 Å². The number of hydrogen-bond donors (Lipinski definition) is 0. The third-order valence-electron chi connectivity index (χ3n) is 2.83. The summed E-state index contributed by atoms with van der Waals surface area (Å²) in [7, 11) is 2.47. The third-order valence-corrected chi connectivity index (χ3v) is 2.83. The smallest absolute Gasteiger partial charge is 0.324 e. The van der Waals surface area contributed by atoms with Crippen LogP contribution in [0.3, 0.4) is 0 Å². The van der Waals surface area contributed by atoms with E-state index in [2.05, 4.69) is 14.5 Å². The van der Waals surface area contributed by atoms with Crippen molar-refractivity contribution in [1.82, 2.24) is 4.98 Å². The molecule has 0 aliphatic heterocycles. The van der Waals surface area contributed by atoms with Crippen molar-refractivity contribution in [3.8, 4) is 0 Å². The fraction of sp³-hybridized carbons (Fsp3) is 0.214. The highest BCUT2D eigenvalue weighted by molar-refractivity contribution is 6.01. The zero-order valence-electron chi connectivity index (χ0n) is 10.6. The molecule has 2 rings (SSSR count). The Morgan fingerprint density at radius 2 is 1.79 bits per heavy atom. The lowest BCUT2D eigenvalue weighted by Gasteiger charge is -2.13. The van der Waals surface area contributed by atoms with Gasteiger partial charge in [-0.3, -0.25) is 14.6 Å². The zero-order chi connectivity index (χ0) is 13.8. The fourth-order valence-electron chi connectivity index (χ4n) is 1.88. The molecule has 0 bridgehead atoms. The lowest BCUT2D eigenvalue weighted by atomic mass is 9.97. The molecule has 1 heterocycles. The van der Waals surface area contributed by atoms with Gasteiger partial charge in [-0.15, -0.1) is 0 Å². The number of hydrogen-bond acceptors (Lipinski definition) is 5. The summed E-state index contributed by atoms with van der Waals surface area (Å²) in [6.45, 7) is 0. The predicted octanol–water partition coefficient (Wildman–Crippen LogP) is 1.66. The molecule has 2 aromatic rings. The van der Waals surface area contributed by atoms with Crippen LogP contribution in [0.15, 0.2) is 36.5 Å². The topological polar surface area (TPSA) is 65.5 Å². The SMILES string of the molecule is COC(=O)C(C(=O)OC)c1ccc2ncccc2c1. The molecule has 0 amide bonds. The maximum atomic E-state index is 11.7. The summed E-state index contributed by atoms with van der Waals surface area (Å²) >= 11 is 0. The molecule has 0 aliphatic rings. The highest BCUT2D eigenvalue weighted by Crippen LogP contribution is 2.23.